The molecule has 2 nitrogen and oxygen atoms in total. The zero-order valence-electron chi connectivity index (χ0n) is 7.42. The van der Waals surface area contributed by atoms with Gasteiger partial charge in [0.05, 0.1) is 0 Å². The summed E-state index contributed by atoms with van der Waals surface area (Å²) in [6, 6.07) is 0.888. The van der Waals surface area contributed by atoms with Crippen molar-refractivity contribution in [2.75, 3.05) is 19.7 Å². The lowest BCUT2D eigenvalue weighted by Gasteiger charge is -2.18. The van der Waals surface area contributed by atoms with Gasteiger partial charge in [-0.25, -0.2) is 0 Å². The van der Waals surface area contributed by atoms with Gasteiger partial charge in [-0.05, 0) is 38.8 Å². The number of unbranched alkanes of at least 4 members (excludes halogenated alkanes) is 1. The van der Waals surface area contributed by atoms with E-state index in [1.54, 1.807) is 0 Å². The summed E-state index contributed by atoms with van der Waals surface area (Å²) in [6.07, 6.45) is 4.91. The van der Waals surface area contributed by atoms with Gasteiger partial charge in [0.15, 0.2) is 0 Å². The second-order valence-electron chi connectivity index (χ2n) is 3.29. The van der Waals surface area contributed by atoms with Gasteiger partial charge in [-0.3, -0.25) is 0 Å². The Balaban J connectivity index is 2.01. The van der Waals surface area contributed by atoms with Crippen LogP contribution in [0.5, 0.6) is 0 Å². The molecule has 0 atom stereocenters. The predicted octanol–water partition coefficient (Wildman–Crippen LogP) is 1.24. The maximum Gasteiger partial charge on any atom is 0.0431 e. The molecule has 0 aliphatic heterocycles. The molecule has 0 bridgehead atoms. The van der Waals surface area contributed by atoms with Gasteiger partial charge >= 0.3 is 0 Å². The minimum atomic E-state index is 0.349. The van der Waals surface area contributed by atoms with Gasteiger partial charge in [0, 0.05) is 12.6 Å². The molecule has 0 aromatic carbocycles. The number of aliphatic hydroxyl groups is 1. The van der Waals surface area contributed by atoms with E-state index in [4.69, 9.17) is 5.11 Å². The Morgan fingerprint density at radius 1 is 1.36 bits per heavy atom. The predicted molar refractivity (Wildman–Crippen MR) is 46.6 cm³/mol. The van der Waals surface area contributed by atoms with Crippen molar-refractivity contribution in [2.45, 2.75) is 38.6 Å². The molecule has 1 rings (SSSR count). The molecule has 1 aliphatic rings. The van der Waals surface area contributed by atoms with Crippen LogP contribution in [0.3, 0.4) is 0 Å². The van der Waals surface area contributed by atoms with Crippen LogP contribution in [0, 0.1) is 0 Å². The molecule has 0 heterocycles. The van der Waals surface area contributed by atoms with Crippen LogP contribution in [-0.4, -0.2) is 35.7 Å². The quantitative estimate of drug-likeness (QED) is 0.586. The number of aliphatic hydroxyl groups excluding tert-OH is 1. The van der Waals surface area contributed by atoms with E-state index < -0.39 is 0 Å². The number of hydrogen-bond donors (Lipinski definition) is 1. The third-order valence-corrected chi connectivity index (χ3v) is 2.32. The third-order valence-electron chi connectivity index (χ3n) is 2.32. The number of nitrogens with zero attached hydrogens (tertiary/aromatic N) is 1. The summed E-state index contributed by atoms with van der Waals surface area (Å²) < 4.78 is 0. The van der Waals surface area contributed by atoms with E-state index in [2.05, 4.69) is 11.8 Å². The Hall–Kier alpha value is -0.0800. The molecule has 0 radical (unpaired) electrons. The Morgan fingerprint density at radius 2 is 2.09 bits per heavy atom. The fraction of sp³-hybridized carbons (Fsp3) is 1.00. The molecular formula is C9H19NO. The second-order valence-corrected chi connectivity index (χ2v) is 3.29. The lowest BCUT2D eigenvalue weighted by Crippen LogP contribution is -2.26. The number of rotatable bonds is 6. The third kappa shape index (κ3) is 3.21. The molecule has 0 unspecified atom stereocenters. The molecule has 1 N–H and O–H groups in total. The fourth-order valence-electron chi connectivity index (χ4n) is 1.47. The molecule has 11 heavy (non-hydrogen) atoms. The summed E-state index contributed by atoms with van der Waals surface area (Å²) in [7, 11) is 0. The highest BCUT2D eigenvalue weighted by atomic mass is 16.2. The monoisotopic (exact) mass is 157 g/mol. The van der Waals surface area contributed by atoms with Crippen LogP contribution in [0.1, 0.15) is 32.6 Å². The highest BCUT2D eigenvalue weighted by Crippen LogP contribution is 2.26. The summed E-state index contributed by atoms with van der Waals surface area (Å²) in [5, 5.41) is 8.59. The van der Waals surface area contributed by atoms with E-state index >= 15 is 0 Å². The van der Waals surface area contributed by atoms with Gasteiger partial charge in [-0.2, -0.15) is 0 Å². The van der Waals surface area contributed by atoms with E-state index in [1.807, 2.05) is 0 Å². The second kappa shape index (κ2) is 4.73. The highest BCUT2D eigenvalue weighted by molar-refractivity contribution is 4.83. The zero-order valence-corrected chi connectivity index (χ0v) is 7.42. The van der Waals surface area contributed by atoms with Gasteiger partial charge in [0.25, 0.3) is 0 Å². The molecule has 0 amide bonds. The first-order valence-electron chi connectivity index (χ1n) is 4.73. The van der Waals surface area contributed by atoms with Crippen molar-refractivity contribution in [2.24, 2.45) is 0 Å². The first kappa shape index (κ1) is 9.01. The van der Waals surface area contributed by atoms with E-state index in [9.17, 15) is 0 Å². The van der Waals surface area contributed by atoms with Gasteiger partial charge < -0.3 is 10.0 Å². The molecule has 0 aromatic heterocycles. The van der Waals surface area contributed by atoms with E-state index in [1.165, 1.54) is 25.9 Å². The van der Waals surface area contributed by atoms with E-state index in [-0.39, 0.29) is 0 Å². The van der Waals surface area contributed by atoms with Crippen LogP contribution in [0.25, 0.3) is 0 Å². The SMILES string of the molecule is CCN(CCCCO)C1CC1. The first-order valence-corrected chi connectivity index (χ1v) is 4.73. The van der Waals surface area contributed by atoms with Crippen molar-refractivity contribution in [3.05, 3.63) is 0 Å². The molecule has 0 aromatic rings. The van der Waals surface area contributed by atoms with Crippen LogP contribution < -0.4 is 0 Å². The highest BCUT2D eigenvalue weighted by Gasteiger charge is 2.26. The van der Waals surface area contributed by atoms with Crippen molar-refractivity contribution in [3.8, 4) is 0 Å². The molecule has 1 saturated carbocycles. The fourth-order valence-corrected chi connectivity index (χ4v) is 1.47. The Bertz CT molecular complexity index is 102. The average Bonchev–Trinajstić information content (AvgIpc) is 2.81. The standard InChI is InChI=1S/C9H19NO/c1-2-10(9-5-6-9)7-3-4-8-11/h9,11H,2-8H2,1H3. The maximum absolute atomic E-state index is 8.59. The van der Waals surface area contributed by atoms with Gasteiger partial charge in [-0.1, -0.05) is 6.92 Å². The average molecular weight is 157 g/mol. The van der Waals surface area contributed by atoms with Crippen LogP contribution in [0.4, 0.5) is 0 Å². The van der Waals surface area contributed by atoms with Crippen molar-refractivity contribution < 1.29 is 5.11 Å². The molecule has 2 heteroatoms. The van der Waals surface area contributed by atoms with E-state index in [0.29, 0.717) is 6.61 Å². The van der Waals surface area contributed by atoms with Gasteiger partial charge in [0.1, 0.15) is 0 Å². The first-order chi connectivity index (χ1) is 5.38. The number of hydrogen-bond acceptors (Lipinski definition) is 2. The summed E-state index contributed by atoms with van der Waals surface area (Å²) in [6.45, 7) is 4.93. The summed E-state index contributed by atoms with van der Waals surface area (Å²) in [5.74, 6) is 0. The lowest BCUT2D eigenvalue weighted by atomic mass is 10.3. The van der Waals surface area contributed by atoms with Crippen LogP contribution in [-0.2, 0) is 0 Å². The van der Waals surface area contributed by atoms with Crippen molar-refractivity contribution in [3.63, 3.8) is 0 Å². The van der Waals surface area contributed by atoms with Gasteiger partial charge in [0.2, 0.25) is 0 Å². The normalized spacial score (nSPS) is 17.7. The van der Waals surface area contributed by atoms with Crippen molar-refractivity contribution in [1.82, 2.24) is 4.90 Å². The largest absolute Gasteiger partial charge is 0.396 e. The van der Waals surface area contributed by atoms with E-state index in [0.717, 1.165) is 18.9 Å². The minimum Gasteiger partial charge on any atom is -0.396 e. The molecule has 0 spiro atoms. The lowest BCUT2D eigenvalue weighted by molar-refractivity contribution is 0.242. The minimum absolute atomic E-state index is 0.349. The topological polar surface area (TPSA) is 23.5 Å². The Kier molecular flexibility index (Phi) is 3.87. The van der Waals surface area contributed by atoms with Crippen molar-refractivity contribution in [1.29, 1.82) is 0 Å². The molecule has 66 valence electrons. The Labute approximate surface area is 69.2 Å². The summed E-state index contributed by atoms with van der Waals surface area (Å²) in [5.41, 5.74) is 0. The molecule has 1 fully saturated rings. The Morgan fingerprint density at radius 3 is 2.55 bits per heavy atom. The van der Waals surface area contributed by atoms with Crippen LogP contribution in [0.2, 0.25) is 0 Å². The van der Waals surface area contributed by atoms with Crippen molar-refractivity contribution >= 4 is 0 Å². The molecular weight excluding hydrogens is 138 g/mol. The summed E-state index contributed by atoms with van der Waals surface area (Å²) in [4.78, 5) is 2.52. The van der Waals surface area contributed by atoms with Crippen LogP contribution in [0.15, 0.2) is 0 Å². The van der Waals surface area contributed by atoms with Gasteiger partial charge in [-0.15, -0.1) is 0 Å². The maximum atomic E-state index is 8.59. The molecule has 0 saturated heterocycles. The van der Waals surface area contributed by atoms with Crippen LogP contribution >= 0.6 is 0 Å². The molecule has 1 aliphatic carbocycles. The summed E-state index contributed by atoms with van der Waals surface area (Å²) >= 11 is 0. The smallest absolute Gasteiger partial charge is 0.0431 e. The zero-order chi connectivity index (χ0) is 8.10.